The third kappa shape index (κ3) is 16.3. The summed E-state index contributed by atoms with van der Waals surface area (Å²) in [4.78, 5) is 33.1. The predicted octanol–water partition coefficient (Wildman–Crippen LogP) is 2.69. The third-order valence-corrected chi connectivity index (χ3v) is 3.79. The Balaban J connectivity index is 0. The van der Waals surface area contributed by atoms with Gasteiger partial charge in [-0.2, -0.15) is 0 Å². The number of rotatable bonds is 15. The maximum atomic E-state index is 11.7. The molecule has 0 radical (unpaired) electrons. The van der Waals surface area contributed by atoms with Crippen molar-refractivity contribution in [3.8, 4) is 0 Å². The van der Waals surface area contributed by atoms with Crippen molar-refractivity contribution in [1.82, 2.24) is 5.32 Å². The van der Waals surface area contributed by atoms with Crippen molar-refractivity contribution >= 4 is 47.4 Å². The fourth-order valence-corrected chi connectivity index (χ4v) is 2.39. The molecule has 0 aromatic carbocycles. The van der Waals surface area contributed by atoms with Gasteiger partial charge in [0.05, 0.1) is 0 Å². The number of carbonyl (C=O) groups is 3. The molecule has 3 N–H and O–H groups in total. The Labute approximate surface area is 167 Å². The Bertz CT molecular complexity index is 363. The van der Waals surface area contributed by atoms with E-state index in [1.54, 1.807) is 0 Å². The van der Waals surface area contributed by atoms with Gasteiger partial charge in [-0.15, -0.1) is 0 Å². The van der Waals surface area contributed by atoms with Crippen LogP contribution in [-0.4, -0.2) is 63.7 Å². The Morgan fingerprint density at radius 1 is 0.833 bits per heavy atom. The van der Waals surface area contributed by atoms with Crippen molar-refractivity contribution in [2.45, 2.75) is 90.0 Å². The van der Waals surface area contributed by atoms with E-state index in [9.17, 15) is 14.4 Å². The van der Waals surface area contributed by atoms with Gasteiger partial charge in [0.2, 0.25) is 5.91 Å². The average Bonchev–Trinajstić information content (AvgIpc) is 2.49. The standard InChI is InChI=1S/C17H31NO5.Na.H/c1-2-3-4-5-6-7-8-9-10-11-15(19)18-14(17(22)23)12-13-16(20)21;;/h14H,2-13H2,1H3,(H,18,19)(H,20,21)(H,22,23);;/t14-;;/m0../s1. The molecule has 0 heterocycles. The van der Waals surface area contributed by atoms with E-state index in [4.69, 9.17) is 10.2 Å². The van der Waals surface area contributed by atoms with Gasteiger partial charge in [0.15, 0.2) is 0 Å². The second-order valence-corrected chi connectivity index (χ2v) is 5.97. The summed E-state index contributed by atoms with van der Waals surface area (Å²) in [6.07, 6.45) is 10.3. The summed E-state index contributed by atoms with van der Waals surface area (Å²) in [7, 11) is 0. The number of carboxylic acid groups (broad SMARTS) is 2. The topological polar surface area (TPSA) is 104 Å². The molecule has 0 bridgehead atoms. The zero-order valence-electron chi connectivity index (χ0n) is 14.2. The van der Waals surface area contributed by atoms with Crippen molar-refractivity contribution in [2.75, 3.05) is 0 Å². The van der Waals surface area contributed by atoms with Crippen LogP contribution in [0.25, 0.3) is 0 Å². The van der Waals surface area contributed by atoms with Crippen LogP contribution in [0, 0.1) is 0 Å². The summed E-state index contributed by atoms with van der Waals surface area (Å²) in [5.74, 6) is -2.57. The quantitative estimate of drug-likeness (QED) is 0.310. The molecule has 0 aliphatic heterocycles. The zero-order valence-corrected chi connectivity index (χ0v) is 14.2. The number of amides is 1. The van der Waals surface area contributed by atoms with Gasteiger partial charge in [0.25, 0.3) is 0 Å². The molecule has 0 aliphatic rings. The van der Waals surface area contributed by atoms with Gasteiger partial charge in [-0.25, -0.2) is 4.79 Å². The van der Waals surface area contributed by atoms with Gasteiger partial charge in [0.1, 0.15) is 6.04 Å². The van der Waals surface area contributed by atoms with Crippen molar-refractivity contribution in [2.24, 2.45) is 0 Å². The van der Waals surface area contributed by atoms with Crippen LogP contribution < -0.4 is 5.32 Å². The van der Waals surface area contributed by atoms with Crippen molar-refractivity contribution < 1.29 is 24.6 Å². The van der Waals surface area contributed by atoms with Crippen LogP contribution in [0.3, 0.4) is 0 Å². The predicted molar refractivity (Wildman–Crippen MR) is 95.4 cm³/mol. The summed E-state index contributed by atoms with van der Waals surface area (Å²) in [5.41, 5.74) is 0. The molecule has 0 aliphatic carbocycles. The number of nitrogens with one attached hydrogen (secondary N) is 1. The van der Waals surface area contributed by atoms with Gasteiger partial charge in [-0.05, 0) is 12.8 Å². The minimum atomic E-state index is -1.19. The second kappa shape index (κ2) is 17.2. The average molecular weight is 353 g/mol. The molecule has 0 unspecified atom stereocenters. The van der Waals surface area contributed by atoms with Crippen LogP contribution in [0.5, 0.6) is 0 Å². The summed E-state index contributed by atoms with van der Waals surface area (Å²) in [6, 6.07) is -1.11. The van der Waals surface area contributed by atoms with Gasteiger partial charge in [-0.1, -0.05) is 58.3 Å². The molecule has 136 valence electrons. The zero-order chi connectivity index (χ0) is 17.5. The van der Waals surface area contributed by atoms with Crippen LogP contribution in [0.4, 0.5) is 0 Å². The molecule has 7 heteroatoms. The monoisotopic (exact) mass is 353 g/mol. The fourth-order valence-electron chi connectivity index (χ4n) is 2.39. The fraction of sp³-hybridized carbons (Fsp3) is 0.824. The van der Waals surface area contributed by atoms with Gasteiger partial charge in [0, 0.05) is 12.8 Å². The molecule has 24 heavy (non-hydrogen) atoms. The summed E-state index contributed by atoms with van der Waals surface area (Å²) >= 11 is 0. The molecule has 1 amide bonds. The van der Waals surface area contributed by atoms with E-state index in [0.29, 0.717) is 6.42 Å². The molecule has 0 spiro atoms. The first-order valence-electron chi connectivity index (χ1n) is 8.71. The number of carbonyl (C=O) groups excluding carboxylic acids is 1. The molecule has 0 aromatic rings. The molecular weight excluding hydrogens is 321 g/mol. The van der Waals surface area contributed by atoms with Crippen LogP contribution in [0.15, 0.2) is 0 Å². The Hall–Kier alpha value is -0.590. The molecule has 6 nitrogen and oxygen atoms in total. The Kier molecular flexibility index (Phi) is 18.4. The van der Waals surface area contributed by atoms with E-state index in [0.717, 1.165) is 19.3 Å². The van der Waals surface area contributed by atoms with E-state index in [-0.39, 0.29) is 48.3 Å². The van der Waals surface area contributed by atoms with Gasteiger partial charge in [-0.3, -0.25) is 9.59 Å². The number of carboxylic acids is 2. The molecule has 1 atom stereocenters. The molecule has 0 aromatic heterocycles. The first-order valence-corrected chi connectivity index (χ1v) is 8.71. The van der Waals surface area contributed by atoms with Crippen LogP contribution in [0.1, 0.15) is 84.0 Å². The van der Waals surface area contributed by atoms with E-state index in [1.807, 2.05) is 0 Å². The van der Waals surface area contributed by atoms with E-state index in [1.165, 1.54) is 38.5 Å². The van der Waals surface area contributed by atoms with Crippen molar-refractivity contribution in [1.29, 1.82) is 0 Å². The van der Waals surface area contributed by atoms with Crippen molar-refractivity contribution in [3.63, 3.8) is 0 Å². The molecule has 0 fully saturated rings. The van der Waals surface area contributed by atoms with Gasteiger partial charge < -0.3 is 15.5 Å². The minimum absolute atomic E-state index is 0. The molecule has 0 saturated heterocycles. The third-order valence-electron chi connectivity index (χ3n) is 3.79. The van der Waals surface area contributed by atoms with Crippen LogP contribution in [-0.2, 0) is 14.4 Å². The second-order valence-electron chi connectivity index (χ2n) is 5.97. The number of hydrogen-bond acceptors (Lipinski definition) is 3. The van der Waals surface area contributed by atoms with E-state index >= 15 is 0 Å². The van der Waals surface area contributed by atoms with Crippen LogP contribution in [0.2, 0.25) is 0 Å². The molecule has 0 saturated carbocycles. The van der Waals surface area contributed by atoms with Crippen LogP contribution >= 0.6 is 0 Å². The first-order chi connectivity index (χ1) is 11.0. The first kappa shape index (κ1) is 25.6. The SMILES string of the molecule is CCCCCCCCCCCC(=O)N[C@@H](CCC(=O)O)C(=O)O.[NaH]. The number of unbranched alkanes of at least 4 members (excludes halogenated alkanes) is 8. The van der Waals surface area contributed by atoms with E-state index in [2.05, 4.69) is 12.2 Å². The summed E-state index contributed by atoms with van der Waals surface area (Å²) in [6.45, 7) is 2.20. The Morgan fingerprint density at radius 2 is 1.33 bits per heavy atom. The van der Waals surface area contributed by atoms with E-state index < -0.39 is 18.0 Å². The van der Waals surface area contributed by atoms with Gasteiger partial charge >= 0.3 is 41.5 Å². The molecule has 0 rings (SSSR count). The van der Waals surface area contributed by atoms with Crippen molar-refractivity contribution in [3.05, 3.63) is 0 Å². The Morgan fingerprint density at radius 3 is 1.79 bits per heavy atom. The summed E-state index contributed by atoms with van der Waals surface area (Å²) in [5, 5.41) is 19.9. The molecular formula is C17H32NNaO5. The summed E-state index contributed by atoms with van der Waals surface area (Å²) < 4.78 is 0. The number of hydrogen-bond donors (Lipinski definition) is 3. The maximum absolute atomic E-state index is 11.7. The normalized spacial score (nSPS) is 11.4. The number of aliphatic carboxylic acids is 2.